The standard InChI is InChI=1S/C8H14N2O2/c1-2-12-10-5-3-4-8(7-10)6-9-11/h4,6,11H,2-3,5,7H2,1H3. The Hall–Kier alpha value is -0.870. The SMILES string of the molecule is CCON1CCC=C(C=NO)C1. The zero-order valence-corrected chi connectivity index (χ0v) is 7.23. The maximum Gasteiger partial charge on any atom is 0.0704 e. The highest BCUT2D eigenvalue weighted by molar-refractivity contribution is 5.78. The molecule has 0 unspecified atom stereocenters. The molecule has 1 rings (SSSR count). The van der Waals surface area contributed by atoms with Crippen LogP contribution in [0.3, 0.4) is 0 Å². The van der Waals surface area contributed by atoms with Crippen LogP contribution in [-0.2, 0) is 4.84 Å². The summed E-state index contributed by atoms with van der Waals surface area (Å²) in [5, 5.41) is 13.2. The molecule has 0 aromatic heterocycles. The Balaban J connectivity index is 2.42. The molecule has 0 radical (unpaired) electrons. The molecule has 0 aromatic carbocycles. The highest BCUT2D eigenvalue weighted by atomic mass is 16.7. The second kappa shape index (κ2) is 4.90. The molecule has 1 N–H and O–H groups in total. The van der Waals surface area contributed by atoms with Crippen LogP contribution in [0.15, 0.2) is 16.8 Å². The van der Waals surface area contributed by atoms with E-state index in [1.807, 2.05) is 12.0 Å². The third-order valence-electron chi connectivity index (χ3n) is 1.68. The van der Waals surface area contributed by atoms with Crippen LogP contribution in [0.1, 0.15) is 13.3 Å². The molecule has 0 spiro atoms. The van der Waals surface area contributed by atoms with E-state index < -0.39 is 0 Å². The predicted octanol–water partition coefficient (Wildman–Crippen LogP) is 1.03. The van der Waals surface area contributed by atoms with Crippen molar-refractivity contribution in [2.75, 3.05) is 19.7 Å². The van der Waals surface area contributed by atoms with Gasteiger partial charge < -0.3 is 5.21 Å². The molecular weight excluding hydrogens is 156 g/mol. The van der Waals surface area contributed by atoms with Crippen LogP contribution < -0.4 is 0 Å². The van der Waals surface area contributed by atoms with Gasteiger partial charge in [-0.3, -0.25) is 4.84 Å². The number of hydrogen-bond acceptors (Lipinski definition) is 4. The van der Waals surface area contributed by atoms with Gasteiger partial charge in [0, 0.05) is 6.54 Å². The van der Waals surface area contributed by atoms with E-state index in [1.54, 1.807) is 0 Å². The first-order valence-electron chi connectivity index (χ1n) is 4.11. The van der Waals surface area contributed by atoms with Crippen LogP contribution in [-0.4, -0.2) is 36.2 Å². The first kappa shape index (κ1) is 9.22. The van der Waals surface area contributed by atoms with E-state index in [4.69, 9.17) is 10.0 Å². The lowest BCUT2D eigenvalue weighted by Crippen LogP contribution is -2.30. The van der Waals surface area contributed by atoms with Gasteiger partial charge in [-0.15, -0.1) is 0 Å². The second-order valence-corrected chi connectivity index (χ2v) is 2.59. The van der Waals surface area contributed by atoms with Gasteiger partial charge in [-0.2, -0.15) is 5.06 Å². The Morgan fingerprint density at radius 3 is 3.33 bits per heavy atom. The van der Waals surface area contributed by atoms with Crippen molar-refractivity contribution in [2.45, 2.75) is 13.3 Å². The maximum atomic E-state index is 8.30. The van der Waals surface area contributed by atoms with Crippen molar-refractivity contribution in [3.63, 3.8) is 0 Å². The van der Waals surface area contributed by atoms with Gasteiger partial charge in [0.2, 0.25) is 0 Å². The summed E-state index contributed by atoms with van der Waals surface area (Å²) in [7, 11) is 0. The third kappa shape index (κ3) is 2.64. The minimum absolute atomic E-state index is 0.684. The molecule has 0 saturated heterocycles. The largest absolute Gasteiger partial charge is 0.411 e. The summed E-state index contributed by atoms with van der Waals surface area (Å²) in [5.41, 5.74) is 0.997. The molecule has 68 valence electrons. The van der Waals surface area contributed by atoms with E-state index in [2.05, 4.69) is 11.2 Å². The Kier molecular flexibility index (Phi) is 3.76. The van der Waals surface area contributed by atoms with Gasteiger partial charge in [0.25, 0.3) is 0 Å². The monoisotopic (exact) mass is 170 g/mol. The molecule has 0 bridgehead atoms. The van der Waals surface area contributed by atoms with Gasteiger partial charge in [0.15, 0.2) is 0 Å². The van der Waals surface area contributed by atoms with Gasteiger partial charge >= 0.3 is 0 Å². The molecule has 1 heterocycles. The molecule has 0 aliphatic carbocycles. The fourth-order valence-corrected chi connectivity index (χ4v) is 1.20. The van der Waals surface area contributed by atoms with Crippen molar-refractivity contribution in [2.24, 2.45) is 5.16 Å². The van der Waals surface area contributed by atoms with E-state index in [-0.39, 0.29) is 0 Å². The van der Waals surface area contributed by atoms with Crippen LogP contribution in [0.5, 0.6) is 0 Å². The van der Waals surface area contributed by atoms with Crippen LogP contribution in [0, 0.1) is 0 Å². The molecular formula is C8H14N2O2. The normalized spacial score (nSPS) is 19.9. The fraction of sp³-hybridized carbons (Fsp3) is 0.625. The number of rotatable bonds is 3. The van der Waals surface area contributed by atoms with Gasteiger partial charge in [-0.05, 0) is 18.9 Å². The highest BCUT2D eigenvalue weighted by Crippen LogP contribution is 2.07. The lowest BCUT2D eigenvalue weighted by Gasteiger charge is -2.24. The van der Waals surface area contributed by atoms with Crippen LogP contribution in [0.25, 0.3) is 0 Å². The Bertz CT molecular complexity index is 189. The first-order chi connectivity index (χ1) is 5.86. The minimum atomic E-state index is 0.684. The fourth-order valence-electron chi connectivity index (χ4n) is 1.20. The zero-order valence-electron chi connectivity index (χ0n) is 7.23. The Morgan fingerprint density at radius 2 is 2.67 bits per heavy atom. The highest BCUT2D eigenvalue weighted by Gasteiger charge is 2.10. The molecule has 4 heteroatoms. The Labute approximate surface area is 72.1 Å². The van der Waals surface area contributed by atoms with Crippen molar-refractivity contribution >= 4 is 6.21 Å². The van der Waals surface area contributed by atoms with E-state index in [9.17, 15) is 0 Å². The molecule has 12 heavy (non-hydrogen) atoms. The summed E-state index contributed by atoms with van der Waals surface area (Å²) in [6.07, 6.45) is 4.45. The lowest BCUT2D eigenvalue weighted by atomic mass is 10.2. The molecule has 1 aliphatic rings. The number of hydrogen-bond donors (Lipinski definition) is 1. The average Bonchev–Trinajstić information content (AvgIpc) is 2.06. The van der Waals surface area contributed by atoms with Crippen LogP contribution >= 0.6 is 0 Å². The molecule has 1 aliphatic heterocycles. The zero-order chi connectivity index (χ0) is 8.81. The van der Waals surface area contributed by atoms with Crippen molar-refractivity contribution < 1.29 is 10.0 Å². The summed E-state index contributed by atoms with van der Waals surface area (Å²) < 4.78 is 0. The minimum Gasteiger partial charge on any atom is -0.411 e. The van der Waals surface area contributed by atoms with E-state index in [0.29, 0.717) is 13.2 Å². The van der Waals surface area contributed by atoms with Gasteiger partial charge in [-0.1, -0.05) is 11.2 Å². The van der Waals surface area contributed by atoms with E-state index >= 15 is 0 Å². The maximum absolute atomic E-state index is 8.30. The second-order valence-electron chi connectivity index (χ2n) is 2.59. The predicted molar refractivity (Wildman–Crippen MR) is 46.2 cm³/mol. The summed E-state index contributed by atoms with van der Waals surface area (Å²) >= 11 is 0. The van der Waals surface area contributed by atoms with Crippen LogP contribution in [0.2, 0.25) is 0 Å². The summed E-state index contributed by atoms with van der Waals surface area (Å²) in [6.45, 7) is 4.26. The molecule has 0 amide bonds. The molecule has 0 aromatic rings. The van der Waals surface area contributed by atoms with Gasteiger partial charge in [0.1, 0.15) is 0 Å². The summed E-state index contributed by atoms with van der Waals surface area (Å²) in [4.78, 5) is 5.31. The number of hydroxylamine groups is 2. The van der Waals surface area contributed by atoms with Crippen molar-refractivity contribution in [1.82, 2.24) is 5.06 Å². The number of nitrogens with zero attached hydrogens (tertiary/aromatic N) is 2. The van der Waals surface area contributed by atoms with E-state index in [1.165, 1.54) is 6.21 Å². The average molecular weight is 170 g/mol. The number of oxime groups is 1. The quantitative estimate of drug-likeness (QED) is 0.391. The molecule has 0 saturated carbocycles. The third-order valence-corrected chi connectivity index (χ3v) is 1.68. The molecule has 0 atom stereocenters. The van der Waals surface area contributed by atoms with Crippen molar-refractivity contribution in [3.05, 3.63) is 11.6 Å². The first-order valence-corrected chi connectivity index (χ1v) is 4.11. The van der Waals surface area contributed by atoms with Crippen molar-refractivity contribution in [3.8, 4) is 0 Å². The van der Waals surface area contributed by atoms with Crippen LogP contribution in [0.4, 0.5) is 0 Å². The lowest BCUT2D eigenvalue weighted by molar-refractivity contribution is -0.148. The molecule has 4 nitrogen and oxygen atoms in total. The molecule has 0 fully saturated rings. The Morgan fingerprint density at radius 1 is 1.83 bits per heavy atom. The van der Waals surface area contributed by atoms with Crippen molar-refractivity contribution in [1.29, 1.82) is 0 Å². The van der Waals surface area contributed by atoms with E-state index in [0.717, 1.165) is 18.5 Å². The van der Waals surface area contributed by atoms with Gasteiger partial charge in [0.05, 0.1) is 19.4 Å². The smallest absolute Gasteiger partial charge is 0.0704 e. The van der Waals surface area contributed by atoms with Gasteiger partial charge in [-0.25, -0.2) is 0 Å². The topological polar surface area (TPSA) is 45.1 Å². The summed E-state index contributed by atoms with van der Waals surface area (Å²) in [5.74, 6) is 0. The summed E-state index contributed by atoms with van der Waals surface area (Å²) in [6, 6.07) is 0.